The fraction of sp³-hybridized carbons (Fsp3) is 0.417. The summed E-state index contributed by atoms with van der Waals surface area (Å²) in [5.74, 6) is -1.15. The van der Waals surface area contributed by atoms with Crippen molar-refractivity contribution in [2.45, 2.75) is 49.8 Å². The summed E-state index contributed by atoms with van der Waals surface area (Å²) in [5.41, 5.74) is 0.853. The lowest BCUT2D eigenvalue weighted by Gasteiger charge is -2.40. The summed E-state index contributed by atoms with van der Waals surface area (Å²) < 4.78 is 14.8. The number of aliphatic hydroxyl groups excluding tert-OH is 3. The van der Waals surface area contributed by atoms with Crippen molar-refractivity contribution in [3.8, 4) is 17.2 Å². The van der Waals surface area contributed by atoms with Crippen molar-refractivity contribution in [2.75, 3.05) is 13.7 Å². The smallest absolute Gasteiger partial charge is 0.508 e. The third kappa shape index (κ3) is 6.40. The van der Waals surface area contributed by atoms with Crippen molar-refractivity contribution in [2.24, 2.45) is 0 Å². The number of methoxy groups -OCH3 is 1. The van der Waals surface area contributed by atoms with E-state index in [9.17, 15) is 40.2 Å². The largest absolute Gasteiger partial charge is 0.508 e. The summed E-state index contributed by atoms with van der Waals surface area (Å²) in [5, 5.41) is 60.7. The van der Waals surface area contributed by atoms with E-state index in [1.165, 1.54) is 18.2 Å². The number of hydrogen-bond acceptors (Lipinski definition) is 11. The van der Waals surface area contributed by atoms with Gasteiger partial charge in [0.05, 0.1) is 18.8 Å². The molecule has 5 atom stereocenters. The molecule has 3 rings (SSSR count). The van der Waals surface area contributed by atoms with Gasteiger partial charge in [-0.05, 0) is 35.7 Å². The molecule has 11 heteroatoms. The minimum atomic E-state index is -1.65. The fourth-order valence-corrected chi connectivity index (χ4v) is 3.96. The molecule has 1 heterocycles. The highest BCUT2D eigenvalue weighted by Crippen LogP contribution is 2.32. The van der Waals surface area contributed by atoms with Gasteiger partial charge in [0, 0.05) is 18.9 Å². The number of carbonyl (C=O) groups excluding carboxylic acids is 2. The Morgan fingerprint density at radius 3 is 2.23 bits per heavy atom. The highest BCUT2D eigenvalue weighted by molar-refractivity contribution is 6.00. The van der Waals surface area contributed by atoms with Crippen molar-refractivity contribution in [1.29, 1.82) is 0 Å². The van der Waals surface area contributed by atoms with E-state index >= 15 is 0 Å². The van der Waals surface area contributed by atoms with Gasteiger partial charge in [0.1, 0.15) is 48.3 Å². The SMILES string of the molecule is COC(=O)OCC1OC(Cc2cc(O)cc(O)c2C(=O)CCc2ccc(O)cc2)C(O)C(O)C1O. The first kappa shape index (κ1) is 26.2. The molecule has 6 N–H and O–H groups in total. The zero-order valence-corrected chi connectivity index (χ0v) is 18.9. The van der Waals surface area contributed by atoms with E-state index in [4.69, 9.17) is 9.47 Å². The molecule has 35 heavy (non-hydrogen) atoms. The summed E-state index contributed by atoms with van der Waals surface area (Å²) >= 11 is 0. The fourth-order valence-electron chi connectivity index (χ4n) is 3.96. The first-order valence-corrected chi connectivity index (χ1v) is 10.9. The number of Topliss-reactive ketones (excluding diaryl/α,β-unsaturated/α-hetero) is 1. The number of ketones is 1. The van der Waals surface area contributed by atoms with Crippen LogP contribution in [0, 0.1) is 0 Å². The minimum Gasteiger partial charge on any atom is -0.508 e. The Hall–Kier alpha value is -3.38. The van der Waals surface area contributed by atoms with E-state index in [1.54, 1.807) is 12.1 Å². The number of hydrogen-bond donors (Lipinski definition) is 6. The topological polar surface area (TPSA) is 183 Å². The number of aryl methyl sites for hydroxylation is 1. The van der Waals surface area contributed by atoms with E-state index in [-0.39, 0.29) is 35.5 Å². The number of benzene rings is 2. The molecule has 2 aromatic rings. The molecule has 11 nitrogen and oxygen atoms in total. The maximum absolute atomic E-state index is 13.0. The van der Waals surface area contributed by atoms with E-state index in [2.05, 4.69) is 4.74 Å². The zero-order chi connectivity index (χ0) is 25.7. The number of phenolic OH excluding ortho intramolecular Hbond substituents is 3. The third-order valence-corrected chi connectivity index (χ3v) is 5.80. The zero-order valence-electron chi connectivity index (χ0n) is 18.9. The predicted octanol–water partition coefficient (Wildman–Crippen LogP) is 0.794. The van der Waals surface area contributed by atoms with Crippen LogP contribution >= 0.6 is 0 Å². The van der Waals surface area contributed by atoms with Crippen molar-refractivity contribution in [3.05, 3.63) is 53.1 Å². The maximum atomic E-state index is 13.0. The number of ether oxygens (including phenoxy) is 3. The van der Waals surface area contributed by atoms with Gasteiger partial charge >= 0.3 is 6.16 Å². The molecule has 0 saturated carbocycles. The standard InChI is InChI=1S/C24H28O11/c1-33-24(32)34-11-19-22(30)23(31)21(29)18(35-19)9-13-8-15(26)10-17(28)20(13)16(27)7-4-12-2-5-14(25)6-3-12/h2-3,5-6,8,10,18-19,21-23,25-26,28-31H,4,7,9,11H2,1H3. The molecule has 2 aromatic carbocycles. The third-order valence-electron chi connectivity index (χ3n) is 5.80. The highest BCUT2D eigenvalue weighted by atomic mass is 16.7. The van der Waals surface area contributed by atoms with Gasteiger partial charge < -0.3 is 44.8 Å². The Labute approximate surface area is 200 Å². The van der Waals surface area contributed by atoms with Crippen LogP contribution in [0.5, 0.6) is 17.2 Å². The Bertz CT molecular complexity index is 1040. The lowest BCUT2D eigenvalue weighted by Crippen LogP contribution is -2.59. The van der Waals surface area contributed by atoms with E-state index < -0.39 is 54.8 Å². The number of aliphatic hydroxyl groups is 3. The second-order valence-corrected chi connectivity index (χ2v) is 8.24. The van der Waals surface area contributed by atoms with Crippen LogP contribution in [0.1, 0.15) is 27.9 Å². The van der Waals surface area contributed by atoms with Crippen LogP contribution in [0.2, 0.25) is 0 Å². The molecule has 1 saturated heterocycles. The summed E-state index contributed by atoms with van der Waals surface area (Å²) in [6.07, 6.45) is -8.13. The average Bonchev–Trinajstić information content (AvgIpc) is 2.82. The molecule has 0 radical (unpaired) electrons. The quantitative estimate of drug-likeness (QED) is 0.226. The summed E-state index contributed by atoms with van der Waals surface area (Å²) in [4.78, 5) is 24.3. The average molecular weight is 492 g/mol. The lowest BCUT2D eigenvalue weighted by molar-refractivity contribution is -0.229. The highest BCUT2D eigenvalue weighted by Gasteiger charge is 2.44. The van der Waals surface area contributed by atoms with Crippen LogP contribution in [-0.4, -0.2) is 86.8 Å². The molecule has 0 aromatic heterocycles. The van der Waals surface area contributed by atoms with Crippen LogP contribution in [0.3, 0.4) is 0 Å². The van der Waals surface area contributed by atoms with Gasteiger partial charge in [0.2, 0.25) is 0 Å². The molecular weight excluding hydrogens is 464 g/mol. The van der Waals surface area contributed by atoms with Gasteiger partial charge in [0.15, 0.2) is 5.78 Å². The molecule has 0 bridgehead atoms. The summed E-state index contributed by atoms with van der Waals surface area (Å²) in [7, 11) is 1.09. The van der Waals surface area contributed by atoms with Gasteiger partial charge in [-0.2, -0.15) is 0 Å². The van der Waals surface area contributed by atoms with Crippen molar-refractivity contribution in [3.63, 3.8) is 0 Å². The Morgan fingerprint density at radius 2 is 1.57 bits per heavy atom. The molecule has 1 fully saturated rings. The van der Waals surface area contributed by atoms with Gasteiger partial charge in [-0.1, -0.05) is 12.1 Å². The van der Waals surface area contributed by atoms with Gasteiger partial charge in [-0.3, -0.25) is 4.79 Å². The van der Waals surface area contributed by atoms with Gasteiger partial charge in [-0.15, -0.1) is 0 Å². The van der Waals surface area contributed by atoms with Gasteiger partial charge in [-0.25, -0.2) is 4.79 Å². The second-order valence-electron chi connectivity index (χ2n) is 8.24. The summed E-state index contributed by atoms with van der Waals surface area (Å²) in [6, 6.07) is 8.56. The van der Waals surface area contributed by atoms with Crippen LogP contribution < -0.4 is 0 Å². The van der Waals surface area contributed by atoms with Crippen molar-refractivity contribution in [1.82, 2.24) is 0 Å². The molecule has 0 aliphatic carbocycles. The monoisotopic (exact) mass is 492 g/mol. The first-order valence-electron chi connectivity index (χ1n) is 10.9. The Balaban J connectivity index is 1.79. The molecule has 0 amide bonds. The number of aromatic hydroxyl groups is 3. The number of carbonyl (C=O) groups is 2. The minimum absolute atomic E-state index is 0.00111. The number of phenols is 3. The van der Waals surface area contributed by atoms with Gasteiger partial charge in [0.25, 0.3) is 0 Å². The van der Waals surface area contributed by atoms with E-state index in [0.717, 1.165) is 18.7 Å². The van der Waals surface area contributed by atoms with E-state index in [0.29, 0.717) is 6.42 Å². The predicted molar refractivity (Wildman–Crippen MR) is 119 cm³/mol. The normalized spacial score (nSPS) is 24.1. The van der Waals surface area contributed by atoms with Crippen LogP contribution in [0.4, 0.5) is 4.79 Å². The van der Waals surface area contributed by atoms with Crippen molar-refractivity contribution >= 4 is 11.9 Å². The Kier molecular flexibility index (Phi) is 8.52. The molecule has 190 valence electrons. The molecule has 5 unspecified atom stereocenters. The second kappa shape index (κ2) is 11.4. The maximum Gasteiger partial charge on any atom is 0.508 e. The first-order chi connectivity index (χ1) is 16.6. The van der Waals surface area contributed by atoms with Crippen LogP contribution in [0.25, 0.3) is 0 Å². The molecule has 1 aliphatic heterocycles. The summed E-state index contributed by atoms with van der Waals surface area (Å²) in [6.45, 7) is -0.474. The van der Waals surface area contributed by atoms with E-state index in [1.807, 2.05) is 0 Å². The lowest BCUT2D eigenvalue weighted by atomic mass is 9.88. The Morgan fingerprint density at radius 1 is 0.914 bits per heavy atom. The molecule has 0 spiro atoms. The molecular formula is C24H28O11. The molecule has 1 aliphatic rings. The van der Waals surface area contributed by atoms with Crippen LogP contribution in [0.15, 0.2) is 36.4 Å². The number of rotatable bonds is 8. The van der Waals surface area contributed by atoms with Crippen LogP contribution in [-0.2, 0) is 27.1 Å². The van der Waals surface area contributed by atoms with Crippen molar-refractivity contribution < 1.29 is 54.4 Å².